The van der Waals surface area contributed by atoms with E-state index in [1.807, 2.05) is 31.2 Å². The summed E-state index contributed by atoms with van der Waals surface area (Å²) in [4.78, 5) is 24.1. The molecule has 0 heterocycles. The Labute approximate surface area is 147 Å². The van der Waals surface area contributed by atoms with Crippen molar-refractivity contribution in [2.45, 2.75) is 26.7 Å². The van der Waals surface area contributed by atoms with Crippen LogP contribution in [0.25, 0.3) is 0 Å². The largest absolute Gasteiger partial charge is 0.399 e. The van der Waals surface area contributed by atoms with Crippen LogP contribution >= 0.6 is 0 Å². The minimum atomic E-state index is -0.351. The third kappa shape index (κ3) is 5.46. The molecule has 6 heteroatoms. The van der Waals surface area contributed by atoms with E-state index in [1.165, 1.54) is 0 Å². The molecule has 2 rings (SSSR count). The second-order valence-electron chi connectivity index (χ2n) is 5.65. The van der Waals surface area contributed by atoms with E-state index >= 15 is 0 Å². The monoisotopic (exact) mass is 338 g/mol. The quantitative estimate of drug-likeness (QED) is 0.429. The predicted molar refractivity (Wildman–Crippen MR) is 100 cm³/mol. The van der Waals surface area contributed by atoms with Crippen molar-refractivity contribution in [2.75, 3.05) is 11.1 Å². The zero-order chi connectivity index (χ0) is 18.2. The highest BCUT2D eigenvalue weighted by Crippen LogP contribution is 2.15. The Balaban J connectivity index is 1.90. The minimum Gasteiger partial charge on any atom is -0.399 e. The fourth-order valence-corrected chi connectivity index (χ4v) is 2.26. The first-order valence-corrected chi connectivity index (χ1v) is 8.06. The minimum absolute atomic E-state index is 0.0973. The number of hydrazone groups is 1. The number of nitrogens with zero attached hydrogens (tertiary/aromatic N) is 1. The van der Waals surface area contributed by atoms with E-state index in [-0.39, 0.29) is 18.2 Å². The van der Waals surface area contributed by atoms with Gasteiger partial charge in [0.2, 0.25) is 5.91 Å². The molecule has 0 aliphatic carbocycles. The molecule has 0 atom stereocenters. The standard InChI is InChI=1S/C19H22N4O2/c1-3-14-6-4-5-7-17(14)21-18(24)12-13(2)22-23-19(25)15-8-10-16(20)11-9-15/h4-11H,3,12,20H2,1-2H3,(H,21,24)(H,23,25)/b22-13+. The summed E-state index contributed by atoms with van der Waals surface area (Å²) in [5, 5.41) is 6.84. The van der Waals surface area contributed by atoms with Crippen LogP contribution in [0.5, 0.6) is 0 Å². The molecule has 0 bridgehead atoms. The average Bonchev–Trinajstić information content (AvgIpc) is 2.60. The maximum atomic E-state index is 12.1. The molecular weight excluding hydrogens is 316 g/mol. The molecule has 4 N–H and O–H groups in total. The van der Waals surface area contributed by atoms with Crippen molar-refractivity contribution in [3.8, 4) is 0 Å². The van der Waals surface area contributed by atoms with Crippen LogP contribution in [0.1, 0.15) is 36.2 Å². The Hall–Kier alpha value is -3.15. The van der Waals surface area contributed by atoms with Gasteiger partial charge in [0.1, 0.15) is 0 Å². The molecule has 0 spiro atoms. The number of amides is 2. The van der Waals surface area contributed by atoms with Crippen LogP contribution in [-0.4, -0.2) is 17.5 Å². The molecule has 0 saturated heterocycles. The first-order valence-electron chi connectivity index (χ1n) is 8.06. The van der Waals surface area contributed by atoms with Gasteiger partial charge in [0.25, 0.3) is 5.91 Å². The highest BCUT2D eigenvalue weighted by molar-refractivity contribution is 6.06. The number of para-hydroxylation sites is 1. The number of rotatable bonds is 6. The summed E-state index contributed by atoms with van der Waals surface area (Å²) in [6.45, 7) is 3.72. The molecule has 0 saturated carbocycles. The van der Waals surface area contributed by atoms with Crippen LogP contribution in [0.15, 0.2) is 53.6 Å². The van der Waals surface area contributed by atoms with Crippen molar-refractivity contribution in [3.05, 3.63) is 59.7 Å². The molecule has 0 fully saturated rings. The van der Waals surface area contributed by atoms with Crippen molar-refractivity contribution in [3.63, 3.8) is 0 Å². The smallest absolute Gasteiger partial charge is 0.271 e. The normalized spacial score (nSPS) is 11.0. The second-order valence-corrected chi connectivity index (χ2v) is 5.65. The Morgan fingerprint density at radius 1 is 1.08 bits per heavy atom. The SMILES string of the molecule is CCc1ccccc1NC(=O)C/C(C)=N/NC(=O)c1ccc(N)cc1. The van der Waals surface area contributed by atoms with Crippen molar-refractivity contribution in [1.29, 1.82) is 0 Å². The number of aryl methyl sites for hydroxylation is 1. The zero-order valence-corrected chi connectivity index (χ0v) is 14.4. The van der Waals surface area contributed by atoms with Crippen molar-refractivity contribution in [2.24, 2.45) is 5.10 Å². The first-order chi connectivity index (χ1) is 12.0. The van der Waals surface area contributed by atoms with Crippen LogP contribution in [-0.2, 0) is 11.2 Å². The van der Waals surface area contributed by atoms with Gasteiger partial charge in [-0.3, -0.25) is 9.59 Å². The Morgan fingerprint density at radius 2 is 1.76 bits per heavy atom. The van der Waals surface area contributed by atoms with E-state index in [0.717, 1.165) is 17.7 Å². The summed E-state index contributed by atoms with van der Waals surface area (Å²) in [7, 11) is 0. The number of benzene rings is 2. The Bertz CT molecular complexity index is 782. The van der Waals surface area contributed by atoms with Gasteiger partial charge in [0.15, 0.2) is 0 Å². The Kier molecular flexibility index (Phi) is 6.28. The molecule has 2 aromatic carbocycles. The third-order valence-electron chi connectivity index (χ3n) is 3.61. The molecule has 0 aliphatic rings. The van der Waals surface area contributed by atoms with Crippen LogP contribution in [0.4, 0.5) is 11.4 Å². The molecule has 25 heavy (non-hydrogen) atoms. The summed E-state index contributed by atoms with van der Waals surface area (Å²) < 4.78 is 0. The molecule has 6 nitrogen and oxygen atoms in total. The van der Waals surface area contributed by atoms with E-state index in [4.69, 9.17) is 5.73 Å². The molecule has 0 aromatic heterocycles. The number of nitrogens with two attached hydrogens (primary N) is 1. The van der Waals surface area contributed by atoms with Gasteiger partial charge in [-0.1, -0.05) is 25.1 Å². The van der Waals surface area contributed by atoms with Gasteiger partial charge in [-0.2, -0.15) is 5.10 Å². The summed E-state index contributed by atoms with van der Waals surface area (Å²) in [6, 6.07) is 14.2. The van der Waals surface area contributed by atoms with Gasteiger partial charge >= 0.3 is 0 Å². The highest BCUT2D eigenvalue weighted by atomic mass is 16.2. The van der Waals surface area contributed by atoms with E-state index in [2.05, 4.69) is 15.8 Å². The second kappa shape index (κ2) is 8.63. The van der Waals surface area contributed by atoms with Crippen LogP contribution in [0, 0.1) is 0 Å². The zero-order valence-electron chi connectivity index (χ0n) is 14.4. The number of carbonyl (C=O) groups is 2. The lowest BCUT2D eigenvalue weighted by atomic mass is 10.1. The number of nitrogen functional groups attached to an aromatic ring is 1. The molecule has 2 amide bonds. The summed E-state index contributed by atoms with van der Waals surface area (Å²) in [5.74, 6) is -0.528. The summed E-state index contributed by atoms with van der Waals surface area (Å²) >= 11 is 0. The fourth-order valence-electron chi connectivity index (χ4n) is 2.26. The van der Waals surface area contributed by atoms with Crippen LogP contribution in [0.3, 0.4) is 0 Å². The maximum absolute atomic E-state index is 12.1. The van der Waals surface area contributed by atoms with E-state index < -0.39 is 0 Å². The van der Waals surface area contributed by atoms with Crippen molar-refractivity contribution >= 4 is 28.9 Å². The number of hydrogen-bond acceptors (Lipinski definition) is 4. The van der Waals surface area contributed by atoms with E-state index in [9.17, 15) is 9.59 Å². The van der Waals surface area contributed by atoms with Gasteiger partial charge in [0.05, 0.1) is 6.42 Å². The van der Waals surface area contributed by atoms with Crippen LogP contribution < -0.4 is 16.5 Å². The van der Waals surface area contributed by atoms with Gasteiger partial charge in [-0.15, -0.1) is 0 Å². The predicted octanol–water partition coefficient (Wildman–Crippen LogP) is 2.97. The average molecular weight is 338 g/mol. The lowest BCUT2D eigenvalue weighted by molar-refractivity contribution is -0.115. The molecule has 0 aliphatic heterocycles. The van der Waals surface area contributed by atoms with Crippen molar-refractivity contribution in [1.82, 2.24) is 5.43 Å². The van der Waals surface area contributed by atoms with Gasteiger partial charge in [-0.25, -0.2) is 5.43 Å². The Morgan fingerprint density at radius 3 is 2.44 bits per heavy atom. The third-order valence-corrected chi connectivity index (χ3v) is 3.61. The molecule has 2 aromatic rings. The summed E-state index contributed by atoms with van der Waals surface area (Å²) in [6.07, 6.45) is 0.932. The molecule has 0 unspecified atom stereocenters. The molecular formula is C19H22N4O2. The highest BCUT2D eigenvalue weighted by Gasteiger charge is 2.08. The molecule has 130 valence electrons. The van der Waals surface area contributed by atoms with E-state index in [0.29, 0.717) is 17.0 Å². The number of anilines is 2. The number of nitrogens with one attached hydrogen (secondary N) is 2. The van der Waals surface area contributed by atoms with Gasteiger partial charge in [0, 0.05) is 22.6 Å². The lowest BCUT2D eigenvalue weighted by Gasteiger charge is -2.09. The van der Waals surface area contributed by atoms with Gasteiger partial charge in [-0.05, 0) is 49.2 Å². The first kappa shape index (κ1) is 18.2. The maximum Gasteiger partial charge on any atom is 0.271 e. The number of carbonyl (C=O) groups excluding carboxylic acids is 2. The lowest BCUT2D eigenvalue weighted by Crippen LogP contribution is -2.21. The summed E-state index contributed by atoms with van der Waals surface area (Å²) in [5.41, 5.74) is 11.4. The number of hydrogen-bond donors (Lipinski definition) is 3. The van der Waals surface area contributed by atoms with Crippen molar-refractivity contribution < 1.29 is 9.59 Å². The fraction of sp³-hybridized carbons (Fsp3) is 0.211. The molecule has 0 radical (unpaired) electrons. The topological polar surface area (TPSA) is 96.6 Å². The van der Waals surface area contributed by atoms with Crippen LogP contribution in [0.2, 0.25) is 0 Å². The van der Waals surface area contributed by atoms with E-state index in [1.54, 1.807) is 31.2 Å². The van der Waals surface area contributed by atoms with Gasteiger partial charge < -0.3 is 11.1 Å².